The minimum atomic E-state index is -4.64. The molecule has 1 fully saturated rings. The van der Waals surface area contributed by atoms with E-state index in [1.807, 2.05) is 6.92 Å². The van der Waals surface area contributed by atoms with Gasteiger partial charge in [-0.05, 0) is 80.3 Å². The van der Waals surface area contributed by atoms with Gasteiger partial charge in [-0.2, -0.15) is 0 Å². The van der Waals surface area contributed by atoms with Gasteiger partial charge in [0.2, 0.25) is 0 Å². The molecule has 1 aliphatic carbocycles. The van der Waals surface area contributed by atoms with Crippen molar-refractivity contribution in [3.63, 3.8) is 0 Å². The molecule has 174 valence electrons. The van der Waals surface area contributed by atoms with Gasteiger partial charge in [0.05, 0.1) is 6.10 Å². The number of piperidine rings is 1. The molecule has 2 aliphatic heterocycles. The second-order valence-electron chi connectivity index (χ2n) is 9.17. The number of nitrogens with zero attached hydrogens (tertiary/aromatic N) is 1. The molecule has 32 heavy (non-hydrogen) atoms. The number of rotatable bonds is 7. The van der Waals surface area contributed by atoms with Gasteiger partial charge in [-0.1, -0.05) is 36.8 Å². The number of aryl methyl sites for hydroxylation is 2. The third-order valence-corrected chi connectivity index (χ3v) is 6.67. The average molecular weight is 449 g/mol. The molecule has 1 unspecified atom stereocenters. The molecule has 1 N–H and O–H groups in total. The van der Waals surface area contributed by atoms with Crippen LogP contribution in [0.25, 0.3) is 0 Å². The highest BCUT2D eigenvalue weighted by molar-refractivity contribution is 6.00. The van der Waals surface area contributed by atoms with Crippen LogP contribution in [0.1, 0.15) is 59.2 Å². The molecule has 0 saturated carbocycles. The van der Waals surface area contributed by atoms with E-state index in [0.29, 0.717) is 13.1 Å². The number of ether oxygens (including phenoxy) is 1. The quantitative estimate of drug-likeness (QED) is 0.634. The van der Waals surface area contributed by atoms with Crippen molar-refractivity contribution in [1.29, 1.82) is 0 Å². The van der Waals surface area contributed by atoms with Crippen LogP contribution in [0.15, 0.2) is 35.9 Å². The molecule has 3 aliphatic rings. The number of benzene rings is 1. The van der Waals surface area contributed by atoms with Crippen LogP contribution in [0.4, 0.5) is 13.2 Å². The average Bonchev–Trinajstić information content (AvgIpc) is 3.05. The summed E-state index contributed by atoms with van der Waals surface area (Å²) < 4.78 is 41.2. The number of hydrogen-bond acceptors (Lipinski definition) is 3. The zero-order chi connectivity index (χ0) is 22.7. The molecule has 2 heterocycles. The smallest absolute Gasteiger partial charge is 0.330 e. The highest BCUT2D eigenvalue weighted by Crippen LogP contribution is 2.30. The third-order valence-electron chi connectivity index (χ3n) is 6.67. The normalized spacial score (nSPS) is 21.8. The van der Waals surface area contributed by atoms with Crippen molar-refractivity contribution in [3.8, 4) is 0 Å². The topological polar surface area (TPSA) is 41.6 Å². The van der Waals surface area contributed by atoms with Crippen molar-refractivity contribution in [2.24, 2.45) is 5.92 Å². The van der Waals surface area contributed by atoms with Crippen LogP contribution in [-0.2, 0) is 17.7 Å². The van der Waals surface area contributed by atoms with Crippen LogP contribution >= 0.6 is 0 Å². The number of amides is 1. The maximum absolute atomic E-state index is 13.0. The summed E-state index contributed by atoms with van der Waals surface area (Å²) in [5, 5.41) is 3.41. The zero-order valence-electron chi connectivity index (χ0n) is 18.5. The minimum Gasteiger partial charge on any atom is -0.330 e. The number of alkyl halides is 3. The second-order valence-corrected chi connectivity index (χ2v) is 9.17. The zero-order valence-corrected chi connectivity index (χ0v) is 18.5. The number of hydrogen-bond donors (Lipinski definition) is 1. The molecular formula is C25H31F3N2O2. The Bertz CT molecular complexity index is 901. The first-order chi connectivity index (χ1) is 15.3. The Balaban J connectivity index is 1.33. The van der Waals surface area contributed by atoms with Gasteiger partial charge in [-0.25, -0.2) is 0 Å². The SMILES string of the molecule is Cc1cc(CCCC2CCNCC2)cc2c1C(=O)N(CC1=CCC(OC(F)(F)F)C=C1)C2. The molecule has 1 atom stereocenters. The Morgan fingerprint density at radius 3 is 2.69 bits per heavy atom. The van der Waals surface area contributed by atoms with E-state index in [4.69, 9.17) is 0 Å². The van der Waals surface area contributed by atoms with Gasteiger partial charge in [0.1, 0.15) is 0 Å². The van der Waals surface area contributed by atoms with Gasteiger partial charge in [-0.3, -0.25) is 9.53 Å². The van der Waals surface area contributed by atoms with Crippen LogP contribution in [0.3, 0.4) is 0 Å². The van der Waals surface area contributed by atoms with Crippen LogP contribution in [0.5, 0.6) is 0 Å². The maximum Gasteiger partial charge on any atom is 0.523 e. The van der Waals surface area contributed by atoms with E-state index in [9.17, 15) is 18.0 Å². The van der Waals surface area contributed by atoms with Gasteiger partial charge >= 0.3 is 6.36 Å². The third kappa shape index (κ3) is 5.81. The van der Waals surface area contributed by atoms with E-state index in [1.165, 1.54) is 37.3 Å². The lowest BCUT2D eigenvalue weighted by atomic mass is 9.91. The number of nitrogens with one attached hydrogen (secondary N) is 1. The Morgan fingerprint density at radius 1 is 1.22 bits per heavy atom. The van der Waals surface area contributed by atoms with Gasteiger partial charge < -0.3 is 10.2 Å². The van der Waals surface area contributed by atoms with E-state index >= 15 is 0 Å². The van der Waals surface area contributed by atoms with Crippen molar-refractivity contribution in [1.82, 2.24) is 10.2 Å². The van der Waals surface area contributed by atoms with Crippen molar-refractivity contribution in [2.45, 2.75) is 64.5 Å². The van der Waals surface area contributed by atoms with Crippen LogP contribution in [-0.4, -0.2) is 42.9 Å². The lowest BCUT2D eigenvalue weighted by Gasteiger charge is -2.22. The number of carbonyl (C=O) groups excluding carboxylic acids is 1. The van der Waals surface area contributed by atoms with E-state index < -0.39 is 12.5 Å². The van der Waals surface area contributed by atoms with Gasteiger partial charge in [0.25, 0.3) is 5.91 Å². The summed E-state index contributed by atoms with van der Waals surface area (Å²) in [5.41, 5.74) is 4.98. The summed E-state index contributed by atoms with van der Waals surface area (Å²) in [7, 11) is 0. The number of fused-ring (bicyclic) bond motifs is 1. The monoisotopic (exact) mass is 448 g/mol. The van der Waals surface area contributed by atoms with E-state index in [2.05, 4.69) is 22.2 Å². The summed E-state index contributed by atoms with van der Waals surface area (Å²) >= 11 is 0. The molecule has 0 aromatic heterocycles. The van der Waals surface area contributed by atoms with Gasteiger partial charge in [0, 0.05) is 18.7 Å². The van der Waals surface area contributed by atoms with Crippen molar-refractivity contribution < 1.29 is 22.7 Å². The van der Waals surface area contributed by atoms with Crippen LogP contribution in [0.2, 0.25) is 0 Å². The molecule has 7 heteroatoms. The molecule has 1 aromatic carbocycles. The molecule has 1 saturated heterocycles. The van der Waals surface area contributed by atoms with E-state index in [0.717, 1.165) is 47.7 Å². The Labute approximate surface area is 187 Å². The lowest BCUT2D eigenvalue weighted by Crippen LogP contribution is -2.28. The van der Waals surface area contributed by atoms with E-state index in [-0.39, 0.29) is 12.3 Å². The summed E-state index contributed by atoms with van der Waals surface area (Å²) in [4.78, 5) is 14.7. The van der Waals surface area contributed by atoms with Crippen LogP contribution in [0, 0.1) is 12.8 Å². The first-order valence-electron chi connectivity index (χ1n) is 11.5. The van der Waals surface area contributed by atoms with Crippen molar-refractivity contribution >= 4 is 5.91 Å². The Morgan fingerprint density at radius 2 is 2.00 bits per heavy atom. The largest absolute Gasteiger partial charge is 0.523 e. The fraction of sp³-hybridized carbons (Fsp3) is 0.560. The molecule has 1 aromatic rings. The molecule has 4 rings (SSSR count). The fourth-order valence-electron chi connectivity index (χ4n) is 5.09. The molecule has 1 amide bonds. The second kappa shape index (κ2) is 9.79. The molecular weight excluding hydrogens is 417 g/mol. The summed E-state index contributed by atoms with van der Waals surface area (Å²) in [6.07, 6.45) is 5.27. The standard InChI is InChI=1S/C25H31F3N2O2/c1-17-13-20(4-2-3-18-9-11-29-12-10-18)14-21-16-30(24(31)23(17)21)15-19-5-7-22(8-6-19)32-25(26,27)28/h5-7,13-14,18,22,29H,2-4,8-12,15-16H2,1H3. The van der Waals surface area contributed by atoms with Crippen molar-refractivity contribution in [2.75, 3.05) is 19.6 Å². The first kappa shape index (κ1) is 23.1. The number of halogens is 3. The van der Waals surface area contributed by atoms with Gasteiger partial charge in [-0.15, -0.1) is 13.2 Å². The highest BCUT2D eigenvalue weighted by atomic mass is 19.4. The lowest BCUT2D eigenvalue weighted by molar-refractivity contribution is -0.336. The van der Waals surface area contributed by atoms with Gasteiger partial charge in [0.15, 0.2) is 0 Å². The molecule has 0 spiro atoms. The molecule has 0 bridgehead atoms. The van der Waals surface area contributed by atoms with E-state index in [1.54, 1.807) is 17.1 Å². The van der Waals surface area contributed by atoms with Crippen LogP contribution < -0.4 is 5.32 Å². The molecule has 0 radical (unpaired) electrons. The minimum absolute atomic E-state index is 0.00159. The first-order valence-corrected chi connectivity index (χ1v) is 11.5. The summed E-state index contributed by atoms with van der Waals surface area (Å²) in [5.74, 6) is 0.823. The van der Waals surface area contributed by atoms with Crippen molar-refractivity contribution in [3.05, 3.63) is 58.2 Å². The highest BCUT2D eigenvalue weighted by Gasteiger charge is 2.33. The Kier molecular flexibility index (Phi) is 7.05. The predicted octanol–water partition coefficient (Wildman–Crippen LogP) is 5.06. The summed E-state index contributed by atoms with van der Waals surface area (Å²) in [6, 6.07) is 4.31. The fourth-order valence-corrected chi connectivity index (χ4v) is 5.09. The maximum atomic E-state index is 13.0. The predicted molar refractivity (Wildman–Crippen MR) is 117 cm³/mol. The number of carbonyl (C=O) groups is 1. The molecule has 4 nitrogen and oxygen atoms in total. The summed E-state index contributed by atoms with van der Waals surface area (Å²) in [6.45, 7) is 5.19. The Hall–Kier alpha value is -2.12.